The summed E-state index contributed by atoms with van der Waals surface area (Å²) >= 11 is 4.25. The smallest absolute Gasteiger partial charge is 0.0437 e. The highest BCUT2D eigenvalue weighted by atomic mass is 32.1. The average Bonchev–Trinajstić information content (AvgIpc) is 2.15. The van der Waals surface area contributed by atoms with E-state index in [1.807, 2.05) is 18.2 Å². The van der Waals surface area contributed by atoms with Gasteiger partial charge < -0.3 is 5.11 Å². The summed E-state index contributed by atoms with van der Waals surface area (Å²) in [6.45, 7) is 0.236. The van der Waals surface area contributed by atoms with Gasteiger partial charge >= 0.3 is 0 Å². The lowest BCUT2D eigenvalue weighted by Crippen LogP contribution is -2.02. The molecule has 0 saturated heterocycles. The van der Waals surface area contributed by atoms with Crippen molar-refractivity contribution in [3.05, 3.63) is 35.9 Å². The highest BCUT2D eigenvalue weighted by Gasteiger charge is 2.07. The zero-order valence-electron chi connectivity index (χ0n) is 6.98. The molecule has 0 fully saturated rings. The van der Waals surface area contributed by atoms with E-state index in [1.54, 1.807) is 0 Å². The Balaban J connectivity index is 2.66. The fourth-order valence-corrected chi connectivity index (χ4v) is 1.64. The zero-order chi connectivity index (χ0) is 8.81. The van der Waals surface area contributed by atoms with Crippen LogP contribution in [0.15, 0.2) is 30.3 Å². The Morgan fingerprint density at radius 1 is 1.25 bits per heavy atom. The molecule has 0 radical (unpaired) electrons. The molecule has 66 valence electrons. The molecule has 1 atom stereocenters. The summed E-state index contributed by atoms with van der Waals surface area (Å²) in [4.78, 5) is 0. The first-order valence-electron chi connectivity index (χ1n) is 4.15. The van der Waals surface area contributed by atoms with E-state index in [4.69, 9.17) is 5.11 Å². The maximum atomic E-state index is 8.80. The number of rotatable bonds is 4. The first kappa shape index (κ1) is 9.62. The Labute approximate surface area is 78.8 Å². The molecule has 2 heteroatoms. The summed E-state index contributed by atoms with van der Waals surface area (Å²) in [6, 6.07) is 10.2. The molecule has 0 amide bonds. The van der Waals surface area contributed by atoms with Crippen molar-refractivity contribution in [2.75, 3.05) is 12.4 Å². The van der Waals surface area contributed by atoms with E-state index in [2.05, 4.69) is 24.8 Å². The van der Waals surface area contributed by atoms with Gasteiger partial charge in [0.05, 0.1) is 0 Å². The largest absolute Gasteiger partial charge is 0.396 e. The maximum absolute atomic E-state index is 8.80. The van der Waals surface area contributed by atoms with Crippen LogP contribution in [0.25, 0.3) is 0 Å². The lowest BCUT2D eigenvalue weighted by atomic mass is 9.98. The second kappa shape index (κ2) is 5.22. The zero-order valence-corrected chi connectivity index (χ0v) is 7.87. The van der Waals surface area contributed by atoms with Gasteiger partial charge in [0, 0.05) is 6.61 Å². The Kier molecular flexibility index (Phi) is 4.19. The van der Waals surface area contributed by atoms with Gasteiger partial charge in [0.25, 0.3) is 0 Å². The van der Waals surface area contributed by atoms with Crippen LogP contribution in [0.4, 0.5) is 0 Å². The van der Waals surface area contributed by atoms with Gasteiger partial charge in [-0.25, -0.2) is 0 Å². The quantitative estimate of drug-likeness (QED) is 0.683. The standard InChI is InChI=1S/C10H14OS/c11-7-6-10(8-12)9-4-2-1-3-5-9/h1-5,10-12H,6-8H2. The summed E-state index contributed by atoms with van der Waals surface area (Å²) in [5.74, 6) is 1.18. The van der Waals surface area contributed by atoms with E-state index < -0.39 is 0 Å². The molecule has 1 aromatic carbocycles. The van der Waals surface area contributed by atoms with Gasteiger partial charge in [-0.1, -0.05) is 30.3 Å². The molecule has 1 aromatic rings. The minimum absolute atomic E-state index is 0.236. The third-order valence-electron chi connectivity index (χ3n) is 1.97. The minimum atomic E-state index is 0.236. The van der Waals surface area contributed by atoms with Crippen molar-refractivity contribution in [3.63, 3.8) is 0 Å². The fraction of sp³-hybridized carbons (Fsp3) is 0.400. The predicted octanol–water partition coefficient (Wildman–Crippen LogP) is 2.08. The van der Waals surface area contributed by atoms with E-state index >= 15 is 0 Å². The summed E-state index contributed by atoms with van der Waals surface area (Å²) in [5, 5.41) is 8.80. The van der Waals surface area contributed by atoms with Crippen molar-refractivity contribution in [3.8, 4) is 0 Å². The van der Waals surface area contributed by atoms with Crippen molar-refractivity contribution in [2.24, 2.45) is 0 Å². The highest BCUT2D eigenvalue weighted by Crippen LogP contribution is 2.19. The van der Waals surface area contributed by atoms with Gasteiger partial charge in [-0.15, -0.1) is 0 Å². The Morgan fingerprint density at radius 2 is 1.92 bits per heavy atom. The summed E-state index contributed by atoms with van der Waals surface area (Å²) < 4.78 is 0. The molecule has 0 bridgehead atoms. The van der Waals surface area contributed by atoms with Gasteiger partial charge in [0.2, 0.25) is 0 Å². The molecule has 12 heavy (non-hydrogen) atoms. The van der Waals surface area contributed by atoms with E-state index in [1.165, 1.54) is 5.56 Å². The van der Waals surface area contributed by atoms with E-state index in [-0.39, 0.29) is 6.61 Å². The average molecular weight is 182 g/mol. The number of hydrogen-bond donors (Lipinski definition) is 2. The molecule has 0 aliphatic rings. The maximum Gasteiger partial charge on any atom is 0.0437 e. The van der Waals surface area contributed by atoms with Crippen LogP contribution < -0.4 is 0 Å². The molecular weight excluding hydrogens is 168 g/mol. The van der Waals surface area contributed by atoms with E-state index in [0.29, 0.717) is 5.92 Å². The van der Waals surface area contributed by atoms with Gasteiger partial charge in [0.15, 0.2) is 0 Å². The van der Waals surface area contributed by atoms with Crippen LogP contribution in [-0.4, -0.2) is 17.5 Å². The van der Waals surface area contributed by atoms with Crippen molar-refractivity contribution in [1.82, 2.24) is 0 Å². The van der Waals surface area contributed by atoms with Crippen LogP contribution in [0.5, 0.6) is 0 Å². The molecule has 1 unspecified atom stereocenters. The number of hydrogen-bond acceptors (Lipinski definition) is 2. The first-order chi connectivity index (χ1) is 5.88. The van der Waals surface area contributed by atoms with Gasteiger partial charge in [-0.2, -0.15) is 12.6 Å². The molecule has 1 nitrogen and oxygen atoms in total. The lowest BCUT2D eigenvalue weighted by molar-refractivity contribution is 0.279. The second-order valence-electron chi connectivity index (χ2n) is 2.80. The van der Waals surface area contributed by atoms with Crippen LogP contribution in [0.2, 0.25) is 0 Å². The summed E-state index contributed by atoms with van der Waals surface area (Å²) in [5.41, 5.74) is 1.27. The van der Waals surface area contributed by atoms with E-state index in [9.17, 15) is 0 Å². The molecule has 0 heterocycles. The van der Waals surface area contributed by atoms with Crippen LogP contribution in [0.3, 0.4) is 0 Å². The van der Waals surface area contributed by atoms with Crippen LogP contribution in [0, 0.1) is 0 Å². The molecule has 0 spiro atoms. The summed E-state index contributed by atoms with van der Waals surface area (Å²) in [6.07, 6.45) is 0.799. The normalized spacial score (nSPS) is 12.8. The first-order valence-corrected chi connectivity index (χ1v) is 4.78. The van der Waals surface area contributed by atoms with E-state index in [0.717, 1.165) is 12.2 Å². The third-order valence-corrected chi connectivity index (χ3v) is 2.41. The summed E-state index contributed by atoms with van der Waals surface area (Å²) in [7, 11) is 0. The van der Waals surface area contributed by atoms with Crippen LogP contribution in [-0.2, 0) is 0 Å². The number of aliphatic hydroxyl groups is 1. The topological polar surface area (TPSA) is 20.2 Å². The predicted molar refractivity (Wildman–Crippen MR) is 54.7 cm³/mol. The SMILES string of the molecule is OCCC(CS)c1ccccc1. The minimum Gasteiger partial charge on any atom is -0.396 e. The molecule has 0 saturated carbocycles. The second-order valence-corrected chi connectivity index (χ2v) is 3.17. The number of benzene rings is 1. The van der Waals surface area contributed by atoms with Crippen LogP contribution >= 0.6 is 12.6 Å². The van der Waals surface area contributed by atoms with Crippen molar-refractivity contribution < 1.29 is 5.11 Å². The lowest BCUT2D eigenvalue weighted by Gasteiger charge is -2.12. The van der Waals surface area contributed by atoms with Crippen molar-refractivity contribution in [2.45, 2.75) is 12.3 Å². The molecule has 1 rings (SSSR count). The fourth-order valence-electron chi connectivity index (χ4n) is 1.24. The van der Waals surface area contributed by atoms with Gasteiger partial charge in [0.1, 0.15) is 0 Å². The molecule has 0 aliphatic heterocycles. The Bertz CT molecular complexity index is 210. The molecular formula is C10H14OS. The molecule has 1 N–H and O–H groups in total. The van der Waals surface area contributed by atoms with Gasteiger partial charge in [-0.05, 0) is 23.7 Å². The number of thiol groups is 1. The molecule has 0 aliphatic carbocycles. The van der Waals surface area contributed by atoms with Crippen molar-refractivity contribution >= 4 is 12.6 Å². The highest BCUT2D eigenvalue weighted by molar-refractivity contribution is 7.80. The third kappa shape index (κ3) is 2.54. The van der Waals surface area contributed by atoms with Gasteiger partial charge in [-0.3, -0.25) is 0 Å². The Hall–Kier alpha value is -0.470. The Morgan fingerprint density at radius 3 is 2.42 bits per heavy atom. The number of aliphatic hydroxyl groups excluding tert-OH is 1. The monoisotopic (exact) mass is 182 g/mol. The van der Waals surface area contributed by atoms with Crippen LogP contribution in [0.1, 0.15) is 17.9 Å². The van der Waals surface area contributed by atoms with Crippen molar-refractivity contribution in [1.29, 1.82) is 0 Å². The molecule has 0 aromatic heterocycles.